The molecule has 1 heterocycles. The van der Waals surface area contributed by atoms with Crippen LogP contribution in [0.1, 0.15) is 26.5 Å². The van der Waals surface area contributed by atoms with Gasteiger partial charge in [0.1, 0.15) is 11.9 Å². The van der Waals surface area contributed by atoms with Crippen LogP contribution in [0.15, 0.2) is 22.8 Å². The van der Waals surface area contributed by atoms with Crippen LogP contribution < -0.4 is 0 Å². The number of furan rings is 1. The fourth-order valence-corrected chi connectivity index (χ4v) is 1.43. The van der Waals surface area contributed by atoms with Crippen LogP contribution in [-0.4, -0.2) is 30.6 Å². The Labute approximate surface area is 103 Å². The predicted octanol–water partition coefficient (Wildman–Crippen LogP) is 2.30. The summed E-state index contributed by atoms with van der Waals surface area (Å²) in [6.45, 7) is 6.97. The topological polar surface area (TPSA) is 42.7 Å². The molecule has 0 spiro atoms. The predicted molar refractivity (Wildman–Crippen MR) is 65.4 cm³/mol. The molecule has 0 N–H and O–H groups in total. The van der Waals surface area contributed by atoms with Crippen molar-refractivity contribution in [1.29, 1.82) is 0 Å². The number of rotatable bonds is 6. The van der Waals surface area contributed by atoms with Crippen LogP contribution in [0.25, 0.3) is 0 Å². The van der Waals surface area contributed by atoms with Crippen molar-refractivity contribution in [3.8, 4) is 0 Å². The van der Waals surface area contributed by atoms with Crippen molar-refractivity contribution >= 4 is 5.91 Å². The molecule has 1 rings (SSSR count). The third kappa shape index (κ3) is 4.61. The Morgan fingerprint density at radius 2 is 2.18 bits per heavy atom. The van der Waals surface area contributed by atoms with E-state index >= 15 is 0 Å². The van der Waals surface area contributed by atoms with Gasteiger partial charge in [0.05, 0.1) is 12.8 Å². The third-order valence-electron chi connectivity index (χ3n) is 2.38. The maximum Gasteiger partial charge on any atom is 0.251 e. The smallest absolute Gasteiger partial charge is 0.251 e. The lowest BCUT2D eigenvalue weighted by Crippen LogP contribution is -2.36. The summed E-state index contributed by atoms with van der Waals surface area (Å²) in [5.41, 5.74) is 0. The van der Waals surface area contributed by atoms with E-state index < -0.39 is 6.10 Å². The van der Waals surface area contributed by atoms with E-state index in [1.807, 2.05) is 12.1 Å². The van der Waals surface area contributed by atoms with E-state index in [1.165, 1.54) is 0 Å². The van der Waals surface area contributed by atoms with Crippen LogP contribution in [0.3, 0.4) is 0 Å². The molecule has 0 aliphatic rings. The highest BCUT2D eigenvalue weighted by Crippen LogP contribution is 2.07. The van der Waals surface area contributed by atoms with Crippen molar-refractivity contribution in [3.63, 3.8) is 0 Å². The first-order valence-corrected chi connectivity index (χ1v) is 5.89. The molecule has 1 unspecified atom stereocenters. The van der Waals surface area contributed by atoms with Crippen LogP contribution >= 0.6 is 0 Å². The summed E-state index contributed by atoms with van der Waals surface area (Å²) in [5, 5.41) is 0. The molecule has 0 aliphatic heterocycles. The fraction of sp³-hybridized carbons (Fsp3) is 0.615. The quantitative estimate of drug-likeness (QED) is 0.765. The monoisotopic (exact) mass is 239 g/mol. The Hall–Kier alpha value is -1.29. The maximum absolute atomic E-state index is 11.9. The highest BCUT2D eigenvalue weighted by atomic mass is 16.5. The molecule has 0 saturated carbocycles. The average molecular weight is 239 g/mol. The zero-order valence-corrected chi connectivity index (χ0v) is 11.0. The summed E-state index contributed by atoms with van der Waals surface area (Å²) in [7, 11) is 1.75. The van der Waals surface area contributed by atoms with Gasteiger partial charge in [-0.15, -0.1) is 0 Å². The van der Waals surface area contributed by atoms with Gasteiger partial charge in [-0.2, -0.15) is 0 Å². The van der Waals surface area contributed by atoms with Gasteiger partial charge in [0.25, 0.3) is 5.91 Å². The van der Waals surface area contributed by atoms with Gasteiger partial charge in [0.15, 0.2) is 0 Å². The maximum atomic E-state index is 11.9. The number of hydrogen-bond acceptors (Lipinski definition) is 3. The zero-order valence-electron chi connectivity index (χ0n) is 11.0. The number of carbonyl (C=O) groups excluding carboxylic acids is 1. The average Bonchev–Trinajstić information content (AvgIpc) is 2.77. The lowest BCUT2D eigenvalue weighted by atomic mass is 10.2. The molecular formula is C13H21NO3. The third-order valence-corrected chi connectivity index (χ3v) is 2.38. The minimum atomic E-state index is -0.405. The summed E-state index contributed by atoms with van der Waals surface area (Å²) in [4.78, 5) is 13.6. The number of ether oxygens (including phenoxy) is 1. The molecule has 4 heteroatoms. The standard InChI is InChI=1S/C13H21NO3/c1-10(2)9-17-11(3)13(15)14(4)8-12-6-5-7-16-12/h5-7,10-11H,8-9H2,1-4H3. The molecule has 0 radical (unpaired) electrons. The number of amides is 1. The first-order valence-electron chi connectivity index (χ1n) is 5.89. The molecule has 1 atom stereocenters. The van der Waals surface area contributed by atoms with E-state index in [4.69, 9.17) is 9.15 Å². The van der Waals surface area contributed by atoms with Gasteiger partial charge < -0.3 is 14.1 Å². The highest BCUT2D eigenvalue weighted by Gasteiger charge is 2.19. The lowest BCUT2D eigenvalue weighted by molar-refractivity contribution is -0.142. The zero-order chi connectivity index (χ0) is 12.8. The number of carbonyl (C=O) groups is 1. The summed E-state index contributed by atoms with van der Waals surface area (Å²) in [5.74, 6) is 1.18. The van der Waals surface area contributed by atoms with E-state index in [0.29, 0.717) is 19.1 Å². The van der Waals surface area contributed by atoms with E-state index in [1.54, 1.807) is 25.1 Å². The second-order valence-corrected chi connectivity index (χ2v) is 4.64. The minimum absolute atomic E-state index is 0.0259. The lowest BCUT2D eigenvalue weighted by Gasteiger charge is -2.21. The van der Waals surface area contributed by atoms with Crippen molar-refractivity contribution in [1.82, 2.24) is 4.90 Å². The van der Waals surface area contributed by atoms with Gasteiger partial charge in [-0.25, -0.2) is 0 Å². The molecule has 0 aromatic carbocycles. The fourth-order valence-electron chi connectivity index (χ4n) is 1.43. The van der Waals surface area contributed by atoms with Gasteiger partial charge in [0.2, 0.25) is 0 Å². The first kappa shape index (κ1) is 13.8. The second-order valence-electron chi connectivity index (χ2n) is 4.64. The normalized spacial score (nSPS) is 12.8. The van der Waals surface area contributed by atoms with Crippen molar-refractivity contribution in [2.45, 2.75) is 33.4 Å². The molecule has 1 amide bonds. The van der Waals surface area contributed by atoms with Gasteiger partial charge in [-0.05, 0) is 25.0 Å². The molecule has 1 aromatic rings. The van der Waals surface area contributed by atoms with Gasteiger partial charge in [-0.3, -0.25) is 4.79 Å². The van der Waals surface area contributed by atoms with E-state index in [2.05, 4.69) is 13.8 Å². The van der Waals surface area contributed by atoms with E-state index in [9.17, 15) is 4.79 Å². The van der Waals surface area contributed by atoms with Crippen LogP contribution in [-0.2, 0) is 16.1 Å². The summed E-state index contributed by atoms with van der Waals surface area (Å²) >= 11 is 0. The summed E-state index contributed by atoms with van der Waals surface area (Å²) in [6.07, 6.45) is 1.20. The Morgan fingerprint density at radius 1 is 1.47 bits per heavy atom. The molecule has 0 aliphatic carbocycles. The molecular weight excluding hydrogens is 218 g/mol. The van der Waals surface area contributed by atoms with Gasteiger partial charge in [0, 0.05) is 13.7 Å². The van der Waals surface area contributed by atoms with E-state index in [-0.39, 0.29) is 5.91 Å². The van der Waals surface area contributed by atoms with Crippen LogP contribution in [0.2, 0.25) is 0 Å². The molecule has 4 nitrogen and oxygen atoms in total. The molecule has 17 heavy (non-hydrogen) atoms. The first-order chi connectivity index (χ1) is 8.00. The largest absolute Gasteiger partial charge is 0.467 e. The van der Waals surface area contributed by atoms with Gasteiger partial charge in [-0.1, -0.05) is 13.8 Å². The Balaban J connectivity index is 2.40. The molecule has 0 fully saturated rings. The SMILES string of the molecule is CC(C)COC(C)C(=O)N(C)Cc1ccco1. The summed E-state index contributed by atoms with van der Waals surface area (Å²) < 4.78 is 10.7. The van der Waals surface area contributed by atoms with E-state index in [0.717, 1.165) is 5.76 Å². The van der Waals surface area contributed by atoms with Crippen molar-refractivity contribution in [2.75, 3.05) is 13.7 Å². The molecule has 1 aromatic heterocycles. The Bertz CT molecular complexity index is 332. The number of hydrogen-bond donors (Lipinski definition) is 0. The number of likely N-dealkylation sites (N-methyl/N-ethyl adjacent to an activating group) is 1. The highest BCUT2D eigenvalue weighted by molar-refractivity contribution is 5.80. The second kappa shape index (κ2) is 6.45. The van der Waals surface area contributed by atoms with Crippen molar-refractivity contribution < 1.29 is 13.9 Å². The minimum Gasteiger partial charge on any atom is -0.467 e. The van der Waals surface area contributed by atoms with Crippen LogP contribution in [0, 0.1) is 5.92 Å². The summed E-state index contributed by atoms with van der Waals surface area (Å²) in [6, 6.07) is 3.66. The molecule has 96 valence electrons. The number of nitrogens with zero attached hydrogens (tertiary/aromatic N) is 1. The molecule has 0 bridgehead atoms. The Morgan fingerprint density at radius 3 is 2.71 bits per heavy atom. The van der Waals surface area contributed by atoms with Crippen LogP contribution in [0.4, 0.5) is 0 Å². The van der Waals surface area contributed by atoms with Crippen molar-refractivity contribution in [3.05, 3.63) is 24.2 Å². The van der Waals surface area contributed by atoms with Gasteiger partial charge >= 0.3 is 0 Å². The molecule has 0 saturated heterocycles. The van der Waals surface area contributed by atoms with Crippen LogP contribution in [0.5, 0.6) is 0 Å². The van der Waals surface area contributed by atoms with Crippen molar-refractivity contribution in [2.24, 2.45) is 5.92 Å². The Kier molecular flexibility index (Phi) is 5.22.